The van der Waals surface area contributed by atoms with Crippen LogP contribution in [0.5, 0.6) is 0 Å². The Morgan fingerprint density at radius 3 is 1.85 bits per heavy atom. The van der Waals surface area contributed by atoms with Crippen molar-refractivity contribution in [1.82, 2.24) is 0 Å². The summed E-state index contributed by atoms with van der Waals surface area (Å²) in [6.07, 6.45) is 21.9. The molecule has 0 N–H and O–H groups in total. The third kappa shape index (κ3) is 7.88. The van der Waals surface area contributed by atoms with Gasteiger partial charge in [0.1, 0.15) is 21.3 Å². The Bertz CT molecular complexity index is 647. The van der Waals surface area contributed by atoms with Gasteiger partial charge >= 0.3 is 29.6 Å². The van der Waals surface area contributed by atoms with Gasteiger partial charge in [-0.15, -0.1) is 0 Å². The van der Waals surface area contributed by atoms with Gasteiger partial charge in [0.25, 0.3) is 0 Å². The van der Waals surface area contributed by atoms with Gasteiger partial charge in [-0.2, -0.15) is 0 Å². The van der Waals surface area contributed by atoms with E-state index in [1.54, 1.807) is 0 Å². The van der Waals surface area contributed by atoms with Gasteiger partial charge in [0.05, 0.1) is 19.3 Å². The number of ether oxygens (including phenoxy) is 3. The molecule has 0 amide bonds. The molecule has 6 nitrogen and oxygen atoms in total. The number of fused-ring (bicyclic) bond motifs is 1. The van der Waals surface area contributed by atoms with Crippen LogP contribution in [-0.4, -0.2) is 48.9 Å². The largest absolute Gasteiger partial charge is 1.00 e. The van der Waals surface area contributed by atoms with Crippen molar-refractivity contribution in [3.8, 4) is 0 Å². The maximum Gasteiger partial charge on any atom is 1.00 e. The van der Waals surface area contributed by atoms with E-state index in [1.165, 1.54) is 83.5 Å². The molecule has 188 valence electrons. The second kappa shape index (κ2) is 14.5. The van der Waals surface area contributed by atoms with Gasteiger partial charge < -0.3 is 18.8 Å². The molecule has 3 aliphatic heterocycles. The third-order valence-corrected chi connectivity index (χ3v) is 8.89. The molecule has 4 unspecified atom stereocenters. The van der Waals surface area contributed by atoms with Crippen LogP contribution in [0.4, 0.5) is 0 Å². The van der Waals surface area contributed by atoms with Crippen molar-refractivity contribution in [2.45, 2.75) is 145 Å². The molecule has 0 aromatic heterocycles. The molecular weight excluding hydrogens is 451 g/mol. The summed E-state index contributed by atoms with van der Waals surface area (Å²) < 4.78 is 52.5. The summed E-state index contributed by atoms with van der Waals surface area (Å²) in [4.78, 5) is 0. The molecule has 0 bridgehead atoms. The van der Waals surface area contributed by atoms with E-state index in [1.807, 2.05) is 0 Å². The molecule has 3 aliphatic rings. The van der Waals surface area contributed by atoms with E-state index in [0.29, 0.717) is 19.4 Å². The SMILES string of the molecule is CCCCCCCCCCCCCCCCC1CC2(CCOC23CCOC3S(=O)(=O)[O-])O1.[Na+]. The van der Waals surface area contributed by atoms with Crippen molar-refractivity contribution in [2.24, 2.45) is 0 Å². The average molecular weight is 497 g/mol. The van der Waals surface area contributed by atoms with Gasteiger partial charge in [-0.25, -0.2) is 8.42 Å². The maximum absolute atomic E-state index is 11.7. The van der Waals surface area contributed by atoms with Gasteiger partial charge in [-0.05, 0) is 6.42 Å². The van der Waals surface area contributed by atoms with Crippen molar-refractivity contribution in [1.29, 1.82) is 0 Å². The molecule has 3 saturated heterocycles. The minimum Gasteiger partial charge on any atom is -0.746 e. The van der Waals surface area contributed by atoms with Crippen LogP contribution in [0.1, 0.15) is 122 Å². The molecule has 0 aromatic rings. The van der Waals surface area contributed by atoms with Crippen molar-refractivity contribution in [3.05, 3.63) is 0 Å². The number of hydrogen-bond donors (Lipinski definition) is 0. The Kier molecular flexibility index (Phi) is 13.2. The fourth-order valence-electron chi connectivity index (χ4n) is 6.05. The van der Waals surface area contributed by atoms with Crippen LogP contribution in [0.25, 0.3) is 0 Å². The minimum atomic E-state index is -4.58. The Labute approximate surface area is 224 Å². The minimum absolute atomic E-state index is 0. The van der Waals surface area contributed by atoms with E-state index in [9.17, 15) is 13.0 Å². The first-order valence-electron chi connectivity index (χ1n) is 13.3. The zero-order valence-electron chi connectivity index (χ0n) is 21.2. The molecule has 0 aliphatic carbocycles. The van der Waals surface area contributed by atoms with Crippen LogP contribution >= 0.6 is 0 Å². The zero-order chi connectivity index (χ0) is 22.9. The Morgan fingerprint density at radius 1 is 0.818 bits per heavy atom. The van der Waals surface area contributed by atoms with Crippen LogP contribution in [-0.2, 0) is 24.3 Å². The summed E-state index contributed by atoms with van der Waals surface area (Å²) in [5, 5.41) is 0. The van der Waals surface area contributed by atoms with Crippen LogP contribution in [0.3, 0.4) is 0 Å². The summed E-state index contributed by atoms with van der Waals surface area (Å²) >= 11 is 0. The quantitative estimate of drug-likeness (QED) is 0.186. The second-order valence-electron chi connectivity index (χ2n) is 10.3. The summed E-state index contributed by atoms with van der Waals surface area (Å²) in [5.74, 6) is 0. The Hall–Kier alpha value is 0.790. The van der Waals surface area contributed by atoms with E-state index >= 15 is 0 Å². The Balaban J connectivity index is 0.00000385. The van der Waals surface area contributed by atoms with Crippen molar-refractivity contribution in [2.75, 3.05) is 13.2 Å². The van der Waals surface area contributed by atoms with Gasteiger partial charge in [-0.3, -0.25) is 0 Å². The smallest absolute Gasteiger partial charge is 0.746 e. The molecule has 0 aromatic carbocycles. The van der Waals surface area contributed by atoms with Crippen molar-refractivity contribution >= 4 is 10.1 Å². The summed E-state index contributed by atoms with van der Waals surface area (Å²) in [6.45, 7) is 2.94. The normalized spacial score (nSPS) is 31.2. The molecule has 4 atom stereocenters. The van der Waals surface area contributed by atoms with Gasteiger partial charge in [0.2, 0.25) is 0 Å². The fraction of sp³-hybridized carbons (Fsp3) is 1.00. The molecule has 0 radical (unpaired) electrons. The molecule has 3 fully saturated rings. The predicted molar refractivity (Wildman–Crippen MR) is 125 cm³/mol. The van der Waals surface area contributed by atoms with E-state index < -0.39 is 26.8 Å². The molecule has 8 heteroatoms. The summed E-state index contributed by atoms with van der Waals surface area (Å²) in [7, 11) is -4.58. The zero-order valence-corrected chi connectivity index (χ0v) is 24.0. The maximum atomic E-state index is 11.7. The van der Waals surface area contributed by atoms with E-state index in [4.69, 9.17) is 14.2 Å². The molecule has 2 spiro atoms. The number of hydrogen-bond acceptors (Lipinski definition) is 6. The first kappa shape index (κ1) is 30.0. The fourth-order valence-corrected chi connectivity index (χ4v) is 7.18. The van der Waals surface area contributed by atoms with E-state index in [-0.39, 0.29) is 42.3 Å². The standard InChI is InChI=1S/C25H46O6S.Na/c1-2-3-4-5-6-7-8-9-10-11-12-13-14-15-16-22-21-24(31-22)17-20-30-25(24)18-19-29-23(25)32(26,27)28;/h22-23H,2-21H2,1H3,(H,26,27,28);/q;+1/p-1. The topological polar surface area (TPSA) is 84.9 Å². The molecule has 33 heavy (non-hydrogen) atoms. The van der Waals surface area contributed by atoms with Crippen molar-refractivity contribution < 1.29 is 56.7 Å². The number of rotatable bonds is 16. The second-order valence-corrected chi connectivity index (χ2v) is 11.7. The molecular formula is C25H45NaO6S. The first-order chi connectivity index (χ1) is 15.4. The van der Waals surface area contributed by atoms with Crippen molar-refractivity contribution in [3.63, 3.8) is 0 Å². The Morgan fingerprint density at radius 2 is 1.33 bits per heavy atom. The van der Waals surface area contributed by atoms with Gasteiger partial charge in [-0.1, -0.05) is 96.8 Å². The third-order valence-electron chi connectivity index (χ3n) is 7.85. The van der Waals surface area contributed by atoms with Gasteiger partial charge in [0, 0.05) is 19.3 Å². The van der Waals surface area contributed by atoms with E-state index in [0.717, 1.165) is 19.3 Å². The summed E-state index contributed by atoms with van der Waals surface area (Å²) in [6, 6.07) is 0. The van der Waals surface area contributed by atoms with Crippen LogP contribution < -0.4 is 29.6 Å². The average Bonchev–Trinajstić information content (AvgIpc) is 3.33. The monoisotopic (exact) mass is 496 g/mol. The van der Waals surface area contributed by atoms with Gasteiger partial charge in [0.15, 0.2) is 5.44 Å². The van der Waals surface area contributed by atoms with Crippen LogP contribution in [0, 0.1) is 0 Å². The van der Waals surface area contributed by atoms with Crippen LogP contribution in [0.2, 0.25) is 0 Å². The molecule has 3 heterocycles. The van der Waals surface area contributed by atoms with E-state index in [2.05, 4.69) is 6.92 Å². The molecule has 0 saturated carbocycles. The molecule has 3 rings (SSSR count). The predicted octanol–water partition coefficient (Wildman–Crippen LogP) is 2.84. The van der Waals surface area contributed by atoms with Crippen LogP contribution in [0.15, 0.2) is 0 Å². The first-order valence-corrected chi connectivity index (χ1v) is 14.8. The number of unbranched alkanes of at least 4 members (excludes halogenated alkanes) is 13. The summed E-state index contributed by atoms with van der Waals surface area (Å²) in [5.41, 5.74) is -3.18.